The van der Waals surface area contributed by atoms with Crippen molar-refractivity contribution in [2.24, 2.45) is 0 Å². The Bertz CT molecular complexity index is 426. The maximum absolute atomic E-state index is 9.14. The van der Waals surface area contributed by atoms with Gasteiger partial charge in [0.15, 0.2) is 0 Å². The maximum Gasteiger partial charge on any atom is 0.132 e. The minimum Gasteiger partial charge on any atom is -0.496 e. The first-order chi connectivity index (χ1) is 8.21. The highest BCUT2D eigenvalue weighted by Crippen LogP contribution is 2.38. The average molecular weight is 251 g/mol. The molecule has 0 aromatic heterocycles. The molecule has 1 atom stereocenters. The second-order valence-corrected chi connectivity index (χ2v) is 4.39. The van der Waals surface area contributed by atoms with Crippen LogP contribution in [0.3, 0.4) is 0 Å². The molecule has 0 amide bonds. The molecule has 0 bridgehead atoms. The Morgan fingerprint density at radius 2 is 1.94 bits per heavy atom. The summed E-state index contributed by atoms with van der Waals surface area (Å²) in [4.78, 5) is 1.01. The summed E-state index contributed by atoms with van der Waals surface area (Å²) in [7, 11) is 3.26. The zero-order valence-electron chi connectivity index (χ0n) is 10.6. The molecule has 0 N–H and O–H groups in total. The monoisotopic (exact) mass is 251 g/mol. The van der Waals surface area contributed by atoms with E-state index < -0.39 is 0 Å². The van der Waals surface area contributed by atoms with Gasteiger partial charge >= 0.3 is 0 Å². The van der Waals surface area contributed by atoms with Gasteiger partial charge in [-0.1, -0.05) is 6.92 Å². The smallest absolute Gasteiger partial charge is 0.132 e. The molecule has 92 valence electrons. The van der Waals surface area contributed by atoms with Gasteiger partial charge in [-0.3, -0.25) is 0 Å². The second kappa shape index (κ2) is 6.41. The van der Waals surface area contributed by atoms with E-state index in [0.29, 0.717) is 0 Å². The Hall–Kier alpha value is -1.34. The number of rotatable bonds is 5. The Kier molecular flexibility index (Phi) is 5.17. The van der Waals surface area contributed by atoms with Crippen LogP contribution in [-0.2, 0) is 0 Å². The van der Waals surface area contributed by atoms with Crippen LogP contribution < -0.4 is 9.47 Å². The molecule has 0 aliphatic rings. The van der Waals surface area contributed by atoms with Gasteiger partial charge in [0.05, 0.1) is 31.1 Å². The van der Waals surface area contributed by atoms with E-state index in [0.717, 1.165) is 28.4 Å². The summed E-state index contributed by atoms with van der Waals surface area (Å²) in [6.45, 7) is 1.99. The van der Waals surface area contributed by atoms with Crippen LogP contribution in [0.1, 0.15) is 24.8 Å². The van der Waals surface area contributed by atoms with Crippen LogP contribution in [0.4, 0.5) is 0 Å². The van der Waals surface area contributed by atoms with Gasteiger partial charge in [-0.25, -0.2) is 0 Å². The van der Waals surface area contributed by atoms with Crippen LogP contribution >= 0.6 is 11.8 Å². The van der Waals surface area contributed by atoms with E-state index in [-0.39, 0.29) is 5.92 Å². The van der Waals surface area contributed by atoms with E-state index >= 15 is 0 Å². The van der Waals surface area contributed by atoms with Crippen molar-refractivity contribution in [2.45, 2.75) is 24.2 Å². The summed E-state index contributed by atoms with van der Waals surface area (Å²) in [5.74, 6) is 1.39. The Labute approximate surface area is 107 Å². The third kappa shape index (κ3) is 2.86. The van der Waals surface area contributed by atoms with Gasteiger partial charge in [-0.2, -0.15) is 5.26 Å². The van der Waals surface area contributed by atoms with E-state index in [1.807, 2.05) is 25.3 Å². The van der Waals surface area contributed by atoms with Gasteiger partial charge in [0, 0.05) is 5.56 Å². The lowest BCUT2D eigenvalue weighted by Gasteiger charge is -2.16. The Morgan fingerprint density at radius 1 is 1.29 bits per heavy atom. The van der Waals surface area contributed by atoms with Gasteiger partial charge in [-0.15, -0.1) is 11.8 Å². The molecular weight excluding hydrogens is 234 g/mol. The lowest BCUT2D eigenvalue weighted by Crippen LogP contribution is -2.00. The van der Waals surface area contributed by atoms with E-state index in [1.54, 1.807) is 26.0 Å². The van der Waals surface area contributed by atoms with Crippen LogP contribution in [0.2, 0.25) is 0 Å². The summed E-state index contributed by atoms with van der Waals surface area (Å²) in [5.41, 5.74) is 0.896. The molecule has 17 heavy (non-hydrogen) atoms. The SMILES string of the molecule is CCC(C#N)c1cc(OC)c(SC)cc1OC. The third-order valence-electron chi connectivity index (χ3n) is 2.68. The molecule has 4 heteroatoms. The Morgan fingerprint density at radius 3 is 2.35 bits per heavy atom. The highest BCUT2D eigenvalue weighted by atomic mass is 32.2. The maximum atomic E-state index is 9.14. The van der Waals surface area contributed by atoms with Crippen molar-refractivity contribution < 1.29 is 9.47 Å². The van der Waals surface area contributed by atoms with Crippen LogP contribution in [0.15, 0.2) is 17.0 Å². The number of nitrogens with zero attached hydrogens (tertiary/aromatic N) is 1. The number of hydrogen-bond donors (Lipinski definition) is 0. The normalized spacial score (nSPS) is 11.7. The number of benzene rings is 1. The van der Waals surface area contributed by atoms with Crippen molar-refractivity contribution in [1.82, 2.24) is 0 Å². The van der Waals surface area contributed by atoms with Crippen molar-refractivity contribution in [1.29, 1.82) is 5.26 Å². The molecule has 0 aliphatic carbocycles. The predicted octanol–water partition coefficient (Wildman–Crippen LogP) is 3.44. The molecular formula is C13H17NO2S. The highest BCUT2D eigenvalue weighted by Gasteiger charge is 2.17. The fourth-order valence-electron chi connectivity index (χ4n) is 1.71. The first kappa shape index (κ1) is 13.7. The molecule has 1 aromatic rings. The van der Waals surface area contributed by atoms with Gasteiger partial charge in [0.1, 0.15) is 11.5 Å². The second-order valence-electron chi connectivity index (χ2n) is 3.54. The predicted molar refractivity (Wildman–Crippen MR) is 70.0 cm³/mol. The summed E-state index contributed by atoms with van der Waals surface area (Å²) in [6.07, 6.45) is 2.74. The molecule has 1 unspecified atom stereocenters. The lowest BCUT2D eigenvalue weighted by molar-refractivity contribution is 0.389. The van der Waals surface area contributed by atoms with Crippen molar-refractivity contribution in [3.05, 3.63) is 17.7 Å². The number of nitriles is 1. The topological polar surface area (TPSA) is 42.2 Å². The lowest BCUT2D eigenvalue weighted by atomic mass is 9.97. The molecule has 0 radical (unpaired) electrons. The molecule has 0 saturated carbocycles. The first-order valence-corrected chi connectivity index (χ1v) is 6.63. The molecule has 3 nitrogen and oxygen atoms in total. The van der Waals surface area contributed by atoms with Crippen molar-refractivity contribution in [3.8, 4) is 17.6 Å². The van der Waals surface area contributed by atoms with E-state index in [1.165, 1.54) is 0 Å². The van der Waals surface area contributed by atoms with Gasteiger partial charge in [0.25, 0.3) is 0 Å². The average Bonchev–Trinajstić information content (AvgIpc) is 2.39. The number of thioether (sulfide) groups is 1. The molecule has 0 heterocycles. The molecule has 1 aromatic carbocycles. The van der Waals surface area contributed by atoms with E-state index in [2.05, 4.69) is 6.07 Å². The van der Waals surface area contributed by atoms with Gasteiger partial charge in [0.2, 0.25) is 0 Å². The van der Waals surface area contributed by atoms with Crippen LogP contribution in [0.25, 0.3) is 0 Å². The molecule has 1 rings (SSSR count). The summed E-state index contributed by atoms with van der Waals surface area (Å²) in [5, 5.41) is 9.14. The fraction of sp³-hybridized carbons (Fsp3) is 0.462. The number of methoxy groups -OCH3 is 2. The molecule has 0 aliphatic heterocycles. The number of hydrogen-bond acceptors (Lipinski definition) is 4. The standard InChI is InChI=1S/C13H17NO2S/c1-5-9(8-14)10-6-12(16-3)13(17-4)7-11(10)15-2/h6-7,9H,5H2,1-4H3. The van der Waals surface area contributed by atoms with Crippen molar-refractivity contribution >= 4 is 11.8 Å². The largest absolute Gasteiger partial charge is 0.496 e. The number of ether oxygens (including phenoxy) is 2. The van der Waals surface area contributed by atoms with E-state index in [9.17, 15) is 0 Å². The van der Waals surface area contributed by atoms with Gasteiger partial charge < -0.3 is 9.47 Å². The van der Waals surface area contributed by atoms with Gasteiger partial charge in [-0.05, 0) is 24.8 Å². The quantitative estimate of drug-likeness (QED) is 0.752. The summed E-state index contributed by atoms with van der Waals surface area (Å²) < 4.78 is 10.7. The third-order valence-corrected chi connectivity index (χ3v) is 3.43. The van der Waals surface area contributed by atoms with Crippen LogP contribution in [-0.4, -0.2) is 20.5 Å². The van der Waals surface area contributed by atoms with Crippen LogP contribution in [0.5, 0.6) is 11.5 Å². The van der Waals surface area contributed by atoms with Crippen LogP contribution in [0, 0.1) is 11.3 Å². The molecule has 0 fully saturated rings. The molecule has 0 spiro atoms. The minimum absolute atomic E-state index is 0.158. The fourth-order valence-corrected chi connectivity index (χ4v) is 2.27. The Balaban J connectivity index is 3.33. The van der Waals surface area contributed by atoms with Crippen molar-refractivity contribution in [2.75, 3.05) is 20.5 Å². The summed E-state index contributed by atoms with van der Waals surface area (Å²) in [6, 6.07) is 6.12. The zero-order chi connectivity index (χ0) is 12.8. The van der Waals surface area contributed by atoms with E-state index in [4.69, 9.17) is 14.7 Å². The minimum atomic E-state index is -0.158. The zero-order valence-corrected chi connectivity index (χ0v) is 11.4. The summed E-state index contributed by atoms with van der Waals surface area (Å²) >= 11 is 1.60. The first-order valence-electron chi connectivity index (χ1n) is 5.41. The van der Waals surface area contributed by atoms with Crippen molar-refractivity contribution in [3.63, 3.8) is 0 Å². The highest BCUT2D eigenvalue weighted by molar-refractivity contribution is 7.98. The molecule has 0 saturated heterocycles.